The molecule has 1 aliphatic heterocycles. The van der Waals surface area contributed by atoms with E-state index in [1.807, 2.05) is 0 Å². The summed E-state index contributed by atoms with van der Waals surface area (Å²) in [5.41, 5.74) is 6.38. The lowest BCUT2D eigenvalue weighted by atomic mass is 10.1. The van der Waals surface area contributed by atoms with Crippen molar-refractivity contribution in [1.29, 1.82) is 0 Å². The zero-order chi connectivity index (χ0) is 18.1. The fourth-order valence-corrected chi connectivity index (χ4v) is 2.67. The third-order valence-electron chi connectivity index (χ3n) is 4.04. The minimum absolute atomic E-state index is 0.0873. The molecular weight excluding hydrogens is 336 g/mol. The Kier molecular flexibility index (Phi) is 4.78. The maximum absolute atomic E-state index is 10.9. The Labute approximate surface area is 140 Å². The van der Waals surface area contributed by atoms with E-state index in [4.69, 9.17) is 20.7 Å². The van der Waals surface area contributed by atoms with E-state index in [1.54, 1.807) is 0 Å². The summed E-state index contributed by atoms with van der Waals surface area (Å²) in [4.78, 5) is 22.8. The van der Waals surface area contributed by atoms with Gasteiger partial charge in [-0.1, -0.05) is 0 Å². The standard InChI is InChI=1S/C13H18N6O6/c14-10-7-11(17-3-16-10)19(4-18-7)12-9(22)8(21)6(25-12)1-15-5(2-20)13(23)24/h3-6,8-9,12,15,20-22H,1-2H2,(H,23,24)(H2,14,16,17)/t5?,6-,8-,9-,12-/m1/s1. The van der Waals surface area contributed by atoms with E-state index in [9.17, 15) is 15.0 Å². The zero-order valence-electron chi connectivity index (χ0n) is 12.9. The van der Waals surface area contributed by atoms with E-state index in [0.717, 1.165) is 0 Å². The van der Waals surface area contributed by atoms with Gasteiger partial charge in [0.25, 0.3) is 0 Å². The van der Waals surface area contributed by atoms with Gasteiger partial charge in [0.2, 0.25) is 0 Å². The Bertz CT molecular complexity index is 769. The molecule has 3 rings (SSSR count). The van der Waals surface area contributed by atoms with Crippen LogP contribution in [0.15, 0.2) is 12.7 Å². The molecule has 0 spiro atoms. The number of imidazole rings is 1. The first-order valence-corrected chi connectivity index (χ1v) is 7.45. The lowest BCUT2D eigenvalue weighted by molar-refractivity contribution is -0.140. The van der Waals surface area contributed by atoms with Gasteiger partial charge in [-0.05, 0) is 0 Å². The summed E-state index contributed by atoms with van der Waals surface area (Å²) in [6.45, 7) is -0.706. The van der Waals surface area contributed by atoms with Crippen molar-refractivity contribution in [3.05, 3.63) is 12.7 Å². The van der Waals surface area contributed by atoms with Gasteiger partial charge in [-0.25, -0.2) is 15.0 Å². The number of aliphatic carboxylic acids is 1. The number of aliphatic hydroxyl groups is 3. The van der Waals surface area contributed by atoms with E-state index >= 15 is 0 Å². The number of hydrogen-bond donors (Lipinski definition) is 6. The molecule has 2 aromatic heterocycles. The largest absolute Gasteiger partial charge is 0.480 e. The molecule has 7 N–H and O–H groups in total. The number of ether oxygens (including phenoxy) is 1. The Balaban J connectivity index is 1.77. The van der Waals surface area contributed by atoms with E-state index in [-0.39, 0.29) is 12.4 Å². The lowest BCUT2D eigenvalue weighted by Crippen LogP contribution is -2.46. The highest BCUT2D eigenvalue weighted by Crippen LogP contribution is 2.31. The third-order valence-corrected chi connectivity index (χ3v) is 4.04. The third kappa shape index (κ3) is 3.12. The Morgan fingerprint density at radius 1 is 1.36 bits per heavy atom. The molecule has 0 aliphatic carbocycles. The normalized spacial score (nSPS) is 27.6. The van der Waals surface area contributed by atoms with Crippen LogP contribution in [0, 0.1) is 0 Å². The van der Waals surface area contributed by atoms with Crippen LogP contribution in [0.1, 0.15) is 6.23 Å². The van der Waals surface area contributed by atoms with Crippen LogP contribution in [-0.2, 0) is 9.53 Å². The quantitative estimate of drug-likeness (QED) is 0.311. The summed E-state index contributed by atoms with van der Waals surface area (Å²) in [5, 5.41) is 40.9. The second-order valence-electron chi connectivity index (χ2n) is 5.61. The molecule has 12 nitrogen and oxygen atoms in total. The van der Waals surface area contributed by atoms with Gasteiger partial charge in [0, 0.05) is 6.54 Å². The predicted octanol–water partition coefficient (Wildman–Crippen LogP) is -2.94. The zero-order valence-corrected chi connectivity index (χ0v) is 12.9. The number of aromatic nitrogens is 4. The second kappa shape index (κ2) is 6.85. The predicted molar refractivity (Wildman–Crippen MR) is 82.2 cm³/mol. The molecule has 3 heterocycles. The minimum Gasteiger partial charge on any atom is -0.480 e. The number of carbonyl (C=O) groups is 1. The monoisotopic (exact) mass is 354 g/mol. The highest BCUT2D eigenvalue weighted by atomic mass is 16.6. The number of nitrogens with zero attached hydrogens (tertiary/aromatic N) is 4. The number of carboxylic acids is 1. The second-order valence-corrected chi connectivity index (χ2v) is 5.61. The van der Waals surface area contributed by atoms with Crippen LogP contribution in [0.25, 0.3) is 11.2 Å². The molecule has 1 saturated heterocycles. The van der Waals surface area contributed by atoms with Gasteiger partial charge < -0.3 is 30.9 Å². The van der Waals surface area contributed by atoms with Crippen molar-refractivity contribution in [2.45, 2.75) is 30.6 Å². The first-order chi connectivity index (χ1) is 11.9. The number of anilines is 1. The maximum atomic E-state index is 10.9. The number of fused-ring (bicyclic) bond motifs is 1. The van der Waals surface area contributed by atoms with E-state index in [1.165, 1.54) is 17.2 Å². The van der Waals surface area contributed by atoms with Crippen molar-refractivity contribution in [3.63, 3.8) is 0 Å². The van der Waals surface area contributed by atoms with Crippen molar-refractivity contribution >= 4 is 23.0 Å². The van der Waals surface area contributed by atoms with Gasteiger partial charge in [-0.2, -0.15) is 0 Å². The van der Waals surface area contributed by atoms with E-state index in [0.29, 0.717) is 11.2 Å². The molecule has 2 aromatic rings. The Morgan fingerprint density at radius 2 is 2.12 bits per heavy atom. The molecular formula is C13H18N6O6. The fourth-order valence-electron chi connectivity index (χ4n) is 2.67. The number of nitrogens with two attached hydrogens (primary N) is 1. The van der Waals surface area contributed by atoms with Crippen molar-refractivity contribution in [2.24, 2.45) is 0 Å². The molecule has 1 unspecified atom stereocenters. The first kappa shape index (κ1) is 17.4. The molecule has 0 radical (unpaired) electrons. The average Bonchev–Trinajstić information content (AvgIpc) is 3.12. The summed E-state index contributed by atoms with van der Waals surface area (Å²) in [7, 11) is 0. The Hall–Kier alpha value is -2.38. The number of carboxylic acid groups (broad SMARTS) is 1. The molecule has 5 atom stereocenters. The van der Waals surface area contributed by atoms with Gasteiger partial charge in [0.15, 0.2) is 17.7 Å². The molecule has 0 saturated carbocycles. The number of nitrogen functional groups attached to an aromatic ring is 1. The molecule has 136 valence electrons. The van der Waals surface area contributed by atoms with Crippen LogP contribution in [0.3, 0.4) is 0 Å². The summed E-state index contributed by atoms with van der Waals surface area (Å²) < 4.78 is 7.06. The summed E-state index contributed by atoms with van der Waals surface area (Å²) in [6, 6.07) is -1.20. The first-order valence-electron chi connectivity index (χ1n) is 7.45. The molecule has 0 bridgehead atoms. The fraction of sp³-hybridized carbons (Fsp3) is 0.538. The van der Waals surface area contributed by atoms with Crippen LogP contribution in [0.5, 0.6) is 0 Å². The van der Waals surface area contributed by atoms with Gasteiger partial charge in [0.1, 0.15) is 36.2 Å². The highest BCUT2D eigenvalue weighted by molar-refractivity contribution is 5.81. The van der Waals surface area contributed by atoms with Crippen LogP contribution in [-0.4, -0.2) is 83.4 Å². The highest BCUT2D eigenvalue weighted by Gasteiger charge is 2.44. The van der Waals surface area contributed by atoms with Gasteiger partial charge >= 0.3 is 5.97 Å². The number of aliphatic hydroxyl groups excluding tert-OH is 3. The van der Waals surface area contributed by atoms with E-state index in [2.05, 4.69) is 20.3 Å². The SMILES string of the molecule is Nc1ncnc2c1ncn2[C@@H]1O[C@H](CNC(CO)C(=O)O)[C@@H](O)[C@H]1O. The van der Waals surface area contributed by atoms with Gasteiger partial charge in [0.05, 0.1) is 12.9 Å². The van der Waals surface area contributed by atoms with Gasteiger partial charge in [-0.3, -0.25) is 14.7 Å². The summed E-state index contributed by atoms with van der Waals surface area (Å²) in [5.74, 6) is -1.07. The van der Waals surface area contributed by atoms with Gasteiger partial charge in [-0.15, -0.1) is 0 Å². The van der Waals surface area contributed by atoms with Crippen LogP contribution < -0.4 is 11.1 Å². The minimum atomic E-state index is -1.29. The topological polar surface area (TPSA) is 189 Å². The maximum Gasteiger partial charge on any atom is 0.323 e. The van der Waals surface area contributed by atoms with Crippen molar-refractivity contribution in [3.8, 4) is 0 Å². The summed E-state index contributed by atoms with van der Waals surface area (Å²) in [6.07, 6.45) is -1.85. The molecule has 0 amide bonds. The smallest absolute Gasteiger partial charge is 0.323 e. The lowest BCUT2D eigenvalue weighted by Gasteiger charge is -2.18. The van der Waals surface area contributed by atoms with Crippen LogP contribution in [0.4, 0.5) is 5.82 Å². The molecule has 1 aliphatic rings. The number of nitrogens with one attached hydrogen (secondary N) is 1. The molecule has 12 heteroatoms. The Morgan fingerprint density at radius 3 is 2.80 bits per heavy atom. The molecule has 0 aromatic carbocycles. The molecule has 25 heavy (non-hydrogen) atoms. The number of rotatable bonds is 6. The van der Waals surface area contributed by atoms with Crippen molar-refractivity contribution in [2.75, 3.05) is 18.9 Å². The molecule has 1 fully saturated rings. The number of hydrogen-bond acceptors (Lipinski definition) is 10. The van der Waals surface area contributed by atoms with Crippen molar-refractivity contribution in [1.82, 2.24) is 24.8 Å². The van der Waals surface area contributed by atoms with Crippen LogP contribution in [0.2, 0.25) is 0 Å². The van der Waals surface area contributed by atoms with E-state index < -0.39 is 43.2 Å². The summed E-state index contributed by atoms with van der Waals surface area (Å²) >= 11 is 0. The van der Waals surface area contributed by atoms with Crippen LogP contribution >= 0.6 is 0 Å². The average molecular weight is 354 g/mol. The van der Waals surface area contributed by atoms with Crippen molar-refractivity contribution < 1.29 is 30.0 Å².